The standard InChI is InChI=1S/C17H20IN5O/c1-12-11-16(20-17(19-12)23-7-9-24-10-8-23)22-21-13(2)14-3-5-15(18)6-4-14/h3-6,11H,7-10H2,1-2H3,(H,19,20,22). The SMILES string of the molecule is CC(=NNc1cc(C)nc(N2CCOCC2)n1)c1ccc(I)cc1. The number of benzene rings is 1. The monoisotopic (exact) mass is 437 g/mol. The van der Waals surface area contributed by atoms with Crippen LogP contribution in [0, 0.1) is 10.5 Å². The molecule has 1 aliphatic heterocycles. The molecule has 1 saturated heterocycles. The van der Waals surface area contributed by atoms with Crippen LogP contribution >= 0.6 is 22.6 Å². The van der Waals surface area contributed by atoms with E-state index in [9.17, 15) is 0 Å². The van der Waals surface area contributed by atoms with Gasteiger partial charge < -0.3 is 9.64 Å². The van der Waals surface area contributed by atoms with Crippen LogP contribution in [0.25, 0.3) is 0 Å². The van der Waals surface area contributed by atoms with E-state index in [1.165, 1.54) is 3.57 Å². The van der Waals surface area contributed by atoms with Gasteiger partial charge in [0, 0.05) is 28.4 Å². The summed E-state index contributed by atoms with van der Waals surface area (Å²) in [6.45, 7) is 6.99. The second-order valence-corrected chi connectivity index (χ2v) is 6.86. The number of rotatable bonds is 4. The third-order valence-corrected chi connectivity index (χ3v) is 4.46. The van der Waals surface area contributed by atoms with Gasteiger partial charge in [0.25, 0.3) is 0 Å². The van der Waals surface area contributed by atoms with Gasteiger partial charge in [0.05, 0.1) is 18.9 Å². The maximum Gasteiger partial charge on any atom is 0.227 e. The molecule has 0 amide bonds. The molecule has 3 rings (SSSR count). The van der Waals surface area contributed by atoms with Crippen LogP contribution in [0.15, 0.2) is 35.4 Å². The largest absolute Gasteiger partial charge is 0.378 e. The Balaban J connectivity index is 1.75. The number of hydrogen-bond acceptors (Lipinski definition) is 6. The fourth-order valence-electron chi connectivity index (χ4n) is 2.41. The molecule has 126 valence electrons. The van der Waals surface area contributed by atoms with Crippen molar-refractivity contribution in [2.24, 2.45) is 5.10 Å². The lowest BCUT2D eigenvalue weighted by Crippen LogP contribution is -2.37. The Kier molecular flexibility index (Phi) is 5.62. The van der Waals surface area contributed by atoms with Crippen molar-refractivity contribution in [3.8, 4) is 0 Å². The normalized spacial score (nSPS) is 15.5. The number of hydrogen-bond donors (Lipinski definition) is 1. The van der Waals surface area contributed by atoms with Gasteiger partial charge in [-0.2, -0.15) is 10.1 Å². The van der Waals surface area contributed by atoms with Crippen molar-refractivity contribution in [3.63, 3.8) is 0 Å². The highest BCUT2D eigenvalue weighted by Gasteiger charge is 2.14. The lowest BCUT2D eigenvalue weighted by molar-refractivity contribution is 0.122. The number of anilines is 2. The van der Waals surface area contributed by atoms with Gasteiger partial charge >= 0.3 is 0 Å². The summed E-state index contributed by atoms with van der Waals surface area (Å²) >= 11 is 2.29. The van der Waals surface area contributed by atoms with Crippen LogP contribution in [0.4, 0.5) is 11.8 Å². The molecule has 6 nitrogen and oxygen atoms in total. The van der Waals surface area contributed by atoms with E-state index in [4.69, 9.17) is 4.74 Å². The van der Waals surface area contributed by atoms with Gasteiger partial charge in [0.1, 0.15) is 0 Å². The first kappa shape index (κ1) is 17.1. The predicted molar refractivity (Wildman–Crippen MR) is 105 cm³/mol. The van der Waals surface area contributed by atoms with Crippen LogP contribution in [-0.4, -0.2) is 42.0 Å². The molecule has 0 spiro atoms. The smallest absolute Gasteiger partial charge is 0.227 e. The quantitative estimate of drug-likeness (QED) is 0.453. The van der Waals surface area contributed by atoms with Gasteiger partial charge in [0.15, 0.2) is 5.82 Å². The summed E-state index contributed by atoms with van der Waals surface area (Å²) in [4.78, 5) is 11.2. The van der Waals surface area contributed by atoms with Gasteiger partial charge in [-0.15, -0.1) is 0 Å². The third-order valence-electron chi connectivity index (χ3n) is 3.74. The highest BCUT2D eigenvalue weighted by Crippen LogP contribution is 2.15. The lowest BCUT2D eigenvalue weighted by Gasteiger charge is -2.27. The number of nitrogens with one attached hydrogen (secondary N) is 1. The first-order valence-corrected chi connectivity index (χ1v) is 8.94. The molecule has 1 aromatic heterocycles. The van der Waals surface area contributed by atoms with E-state index < -0.39 is 0 Å². The Labute approximate surface area is 155 Å². The Hall–Kier alpha value is -1.74. The van der Waals surface area contributed by atoms with E-state index in [0.717, 1.165) is 36.0 Å². The first-order chi connectivity index (χ1) is 11.6. The van der Waals surface area contributed by atoms with Crippen molar-refractivity contribution in [2.45, 2.75) is 13.8 Å². The molecule has 0 saturated carbocycles. The van der Waals surface area contributed by atoms with Crippen LogP contribution in [0.1, 0.15) is 18.2 Å². The summed E-state index contributed by atoms with van der Waals surface area (Å²) < 4.78 is 6.59. The van der Waals surface area contributed by atoms with E-state index in [1.54, 1.807) is 0 Å². The molecule has 7 heteroatoms. The van der Waals surface area contributed by atoms with Gasteiger partial charge in [-0.1, -0.05) is 12.1 Å². The summed E-state index contributed by atoms with van der Waals surface area (Å²) in [5, 5.41) is 4.45. The zero-order valence-electron chi connectivity index (χ0n) is 13.8. The molecule has 0 atom stereocenters. The molecule has 1 aliphatic rings. The van der Waals surface area contributed by atoms with Gasteiger partial charge in [0.2, 0.25) is 5.95 Å². The van der Waals surface area contributed by atoms with E-state index in [1.807, 2.05) is 19.9 Å². The van der Waals surface area contributed by atoms with Crippen molar-refractivity contribution < 1.29 is 4.74 Å². The second-order valence-electron chi connectivity index (χ2n) is 5.61. The molecular formula is C17H20IN5O. The maximum atomic E-state index is 5.38. The van der Waals surface area contributed by atoms with E-state index in [0.29, 0.717) is 19.0 Å². The molecule has 2 heterocycles. The zero-order valence-corrected chi connectivity index (χ0v) is 15.9. The van der Waals surface area contributed by atoms with Crippen molar-refractivity contribution in [3.05, 3.63) is 45.2 Å². The summed E-state index contributed by atoms with van der Waals surface area (Å²) in [5.41, 5.74) is 5.97. The molecule has 1 aromatic carbocycles. The highest BCUT2D eigenvalue weighted by atomic mass is 127. The lowest BCUT2D eigenvalue weighted by atomic mass is 10.1. The molecular weight excluding hydrogens is 417 g/mol. The number of aryl methyl sites for hydroxylation is 1. The minimum atomic E-state index is 0.703. The molecule has 1 N–H and O–H groups in total. The summed E-state index contributed by atoms with van der Waals surface area (Å²) in [6, 6.07) is 10.2. The molecule has 0 radical (unpaired) electrons. The Morgan fingerprint density at radius 3 is 2.62 bits per heavy atom. The number of halogens is 1. The number of morpholine rings is 1. The number of hydrazone groups is 1. The van der Waals surface area contributed by atoms with E-state index in [-0.39, 0.29) is 0 Å². The minimum Gasteiger partial charge on any atom is -0.378 e. The fourth-order valence-corrected chi connectivity index (χ4v) is 2.77. The van der Waals surface area contributed by atoms with Crippen LogP contribution in [-0.2, 0) is 4.74 Å². The summed E-state index contributed by atoms with van der Waals surface area (Å²) in [5.74, 6) is 1.43. The van der Waals surface area contributed by atoms with Gasteiger partial charge in [-0.25, -0.2) is 4.98 Å². The molecule has 0 bridgehead atoms. The summed E-state index contributed by atoms with van der Waals surface area (Å²) in [7, 11) is 0. The Morgan fingerprint density at radius 2 is 1.92 bits per heavy atom. The molecule has 1 fully saturated rings. The van der Waals surface area contributed by atoms with Crippen molar-refractivity contribution >= 4 is 40.1 Å². The number of ether oxygens (including phenoxy) is 1. The average Bonchev–Trinajstić information content (AvgIpc) is 2.60. The summed E-state index contributed by atoms with van der Waals surface area (Å²) in [6.07, 6.45) is 0. The molecule has 24 heavy (non-hydrogen) atoms. The van der Waals surface area contributed by atoms with Crippen molar-refractivity contribution in [2.75, 3.05) is 36.6 Å². The topological polar surface area (TPSA) is 62.6 Å². The minimum absolute atomic E-state index is 0.703. The van der Waals surface area contributed by atoms with Crippen molar-refractivity contribution in [1.82, 2.24) is 9.97 Å². The zero-order chi connectivity index (χ0) is 16.9. The van der Waals surface area contributed by atoms with E-state index in [2.05, 4.69) is 72.3 Å². The predicted octanol–water partition coefficient (Wildman–Crippen LogP) is 3.06. The molecule has 0 unspecified atom stereocenters. The number of aromatic nitrogens is 2. The average molecular weight is 437 g/mol. The van der Waals surface area contributed by atoms with Crippen LogP contribution in [0.2, 0.25) is 0 Å². The highest BCUT2D eigenvalue weighted by molar-refractivity contribution is 14.1. The van der Waals surface area contributed by atoms with Crippen LogP contribution in [0.3, 0.4) is 0 Å². The van der Waals surface area contributed by atoms with Crippen LogP contribution < -0.4 is 10.3 Å². The third kappa shape index (κ3) is 4.41. The van der Waals surface area contributed by atoms with E-state index >= 15 is 0 Å². The Morgan fingerprint density at radius 1 is 1.21 bits per heavy atom. The molecule has 0 aliphatic carbocycles. The van der Waals surface area contributed by atoms with Gasteiger partial charge in [-0.3, -0.25) is 5.43 Å². The number of nitrogens with zero attached hydrogens (tertiary/aromatic N) is 4. The van der Waals surface area contributed by atoms with Gasteiger partial charge in [-0.05, 0) is 54.1 Å². The van der Waals surface area contributed by atoms with Crippen LogP contribution in [0.5, 0.6) is 0 Å². The molecule has 2 aromatic rings. The van der Waals surface area contributed by atoms with Crippen molar-refractivity contribution in [1.29, 1.82) is 0 Å². The maximum absolute atomic E-state index is 5.38. The fraction of sp³-hybridized carbons (Fsp3) is 0.353. The second kappa shape index (κ2) is 7.89. The first-order valence-electron chi connectivity index (χ1n) is 7.86. The Bertz CT molecular complexity index is 726.